The van der Waals surface area contributed by atoms with Gasteiger partial charge in [-0.25, -0.2) is 8.78 Å². The van der Waals surface area contributed by atoms with E-state index < -0.39 is 17.5 Å². The van der Waals surface area contributed by atoms with Gasteiger partial charge in [-0.05, 0) is 50.1 Å². The van der Waals surface area contributed by atoms with Crippen molar-refractivity contribution >= 4 is 29.1 Å². The van der Waals surface area contributed by atoms with Crippen LogP contribution in [0.5, 0.6) is 11.5 Å². The Morgan fingerprint density at radius 1 is 1.14 bits per heavy atom. The molecule has 1 aliphatic rings. The van der Waals surface area contributed by atoms with Crippen LogP contribution in [0.25, 0.3) is 11.1 Å². The fourth-order valence-corrected chi connectivity index (χ4v) is 4.99. The molecule has 0 bridgehead atoms. The summed E-state index contributed by atoms with van der Waals surface area (Å²) < 4.78 is 42.4. The maximum Gasteiger partial charge on any atom is 0.248 e. The fraction of sp³-hybridized carbons (Fsp3) is 0.258. The number of benzene rings is 3. The van der Waals surface area contributed by atoms with Crippen molar-refractivity contribution in [3.8, 4) is 22.6 Å². The van der Waals surface area contributed by atoms with Gasteiger partial charge in [0, 0.05) is 52.0 Å². The molecular formula is C31H29ClF2N4O4. The minimum absolute atomic E-state index is 0.0497. The molecule has 2 N–H and O–H groups in total. The first kappa shape index (κ1) is 29.1. The molecule has 0 aliphatic carbocycles. The van der Waals surface area contributed by atoms with Gasteiger partial charge in [0.25, 0.3) is 0 Å². The Hall–Kier alpha value is -4.44. The second-order valence-electron chi connectivity index (χ2n) is 9.93. The van der Waals surface area contributed by atoms with Crippen LogP contribution in [0, 0.1) is 18.6 Å². The zero-order valence-corrected chi connectivity index (χ0v) is 23.7. The molecule has 0 radical (unpaired) electrons. The molecule has 0 saturated carbocycles. The summed E-state index contributed by atoms with van der Waals surface area (Å²) in [5.74, 6) is -1.51. The second-order valence-corrected chi connectivity index (χ2v) is 10.3. The standard InChI is InChI=1S/C31H29ClF2N4O4/c1-19-24(32)7-3-9-28(19)41-12-4-10-29(39)38-11-5-13-42-30-22(6-2-8-27(30)38)21-16-36-37(17-21)18-23-25(33)14-20(31(35)40)15-26(23)34/h2-3,6-9,14-17H,4-5,10-13,18H2,1H3,(H2,35,40). The maximum absolute atomic E-state index is 14.5. The smallest absolute Gasteiger partial charge is 0.248 e. The van der Waals surface area contributed by atoms with Crippen LogP contribution in [-0.2, 0) is 11.3 Å². The molecule has 2 amide bonds. The summed E-state index contributed by atoms with van der Waals surface area (Å²) >= 11 is 6.16. The number of amides is 2. The van der Waals surface area contributed by atoms with Crippen LogP contribution in [0.15, 0.2) is 60.9 Å². The number of fused-ring (bicyclic) bond motifs is 1. The van der Waals surface area contributed by atoms with Crippen LogP contribution < -0.4 is 20.1 Å². The average Bonchev–Trinajstić information content (AvgIpc) is 3.32. The van der Waals surface area contributed by atoms with E-state index in [4.69, 9.17) is 26.8 Å². The van der Waals surface area contributed by atoms with Gasteiger partial charge in [0.1, 0.15) is 17.4 Å². The quantitative estimate of drug-likeness (QED) is 0.243. The van der Waals surface area contributed by atoms with Gasteiger partial charge in [0.15, 0.2) is 5.75 Å². The van der Waals surface area contributed by atoms with Crippen molar-refractivity contribution in [2.24, 2.45) is 5.73 Å². The zero-order valence-electron chi connectivity index (χ0n) is 22.9. The first-order valence-electron chi connectivity index (χ1n) is 13.5. The lowest BCUT2D eigenvalue weighted by Gasteiger charge is -2.23. The molecule has 0 saturated heterocycles. The Balaban J connectivity index is 1.30. The first-order chi connectivity index (χ1) is 20.2. The van der Waals surface area contributed by atoms with E-state index in [1.54, 1.807) is 23.4 Å². The van der Waals surface area contributed by atoms with Gasteiger partial charge in [0.05, 0.1) is 31.6 Å². The molecule has 42 heavy (non-hydrogen) atoms. The summed E-state index contributed by atoms with van der Waals surface area (Å²) in [6.07, 6.45) is 4.67. The van der Waals surface area contributed by atoms with Crippen molar-refractivity contribution in [3.05, 3.63) is 94.3 Å². The number of rotatable bonds is 9. The van der Waals surface area contributed by atoms with E-state index in [1.807, 2.05) is 37.3 Å². The molecule has 3 aromatic carbocycles. The zero-order chi connectivity index (χ0) is 29.8. The normalized spacial score (nSPS) is 12.8. The highest BCUT2D eigenvalue weighted by Crippen LogP contribution is 2.40. The third-order valence-corrected chi connectivity index (χ3v) is 7.47. The van der Waals surface area contributed by atoms with E-state index >= 15 is 0 Å². The fourth-order valence-electron chi connectivity index (χ4n) is 4.82. The molecule has 0 spiro atoms. The van der Waals surface area contributed by atoms with Crippen molar-refractivity contribution in [1.29, 1.82) is 0 Å². The summed E-state index contributed by atoms with van der Waals surface area (Å²) in [5.41, 5.74) is 7.50. The number of primary amides is 1. The molecule has 4 aromatic rings. The molecule has 218 valence electrons. The number of hydrogen-bond donors (Lipinski definition) is 1. The molecule has 0 unspecified atom stereocenters. The van der Waals surface area contributed by atoms with Crippen molar-refractivity contribution in [2.45, 2.75) is 32.7 Å². The number of para-hydroxylation sites is 1. The largest absolute Gasteiger partial charge is 0.493 e. The molecule has 0 fully saturated rings. The Kier molecular flexibility index (Phi) is 8.72. The summed E-state index contributed by atoms with van der Waals surface area (Å²) in [6.45, 7) is 2.98. The molecule has 1 aliphatic heterocycles. The van der Waals surface area contributed by atoms with Crippen molar-refractivity contribution in [2.75, 3.05) is 24.7 Å². The van der Waals surface area contributed by atoms with Crippen molar-refractivity contribution in [3.63, 3.8) is 0 Å². The Morgan fingerprint density at radius 2 is 1.90 bits per heavy atom. The van der Waals surface area contributed by atoms with E-state index in [0.29, 0.717) is 65.9 Å². The number of nitrogens with zero attached hydrogens (tertiary/aromatic N) is 3. The van der Waals surface area contributed by atoms with Crippen LogP contribution in [-0.4, -0.2) is 41.4 Å². The predicted octanol–water partition coefficient (Wildman–Crippen LogP) is 5.91. The lowest BCUT2D eigenvalue weighted by molar-refractivity contribution is -0.118. The number of carbonyl (C=O) groups excluding carboxylic acids is 2. The third-order valence-electron chi connectivity index (χ3n) is 7.06. The molecule has 0 atom stereocenters. The lowest BCUT2D eigenvalue weighted by Crippen LogP contribution is -2.31. The van der Waals surface area contributed by atoms with Crippen molar-refractivity contribution < 1.29 is 27.8 Å². The number of aromatic nitrogens is 2. The van der Waals surface area contributed by atoms with Crippen molar-refractivity contribution in [1.82, 2.24) is 9.78 Å². The summed E-state index contributed by atoms with van der Waals surface area (Å²) in [4.78, 5) is 26.3. The topological polar surface area (TPSA) is 99.7 Å². The van der Waals surface area contributed by atoms with Crippen LogP contribution >= 0.6 is 11.6 Å². The molecule has 2 heterocycles. The van der Waals surface area contributed by atoms with E-state index in [2.05, 4.69) is 5.10 Å². The van der Waals surface area contributed by atoms with Crippen LogP contribution in [0.3, 0.4) is 0 Å². The van der Waals surface area contributed by atoms with Gasteiger partial charge in [-0.1, -0.05) is 29.8 Å². The van der Waals surface area contributed by atoms with Gasteiger partial charge < -0.3 is 20.1 Å². The number of nitrogens with two attached hydrogens (primary N) is 1. The molecule has 5 rings (SSSR count). The number of ether oxygens (including phenoxy) is 2. The Morgan fingerprint density at radius 3 is 2.67 bits per heavy atom. The van der Waals surface area contributed by atoms with E-state index in [0.717, 1.165) is 17.7 Å². The highest BCUT2D eigenvalue weighted by atomic mass is 35.5. The number of hydrogen-bond acceptors (Lipinski definition) is 5. The van der Waals surface area contributed by atoms with Gasteiger partial charge >= 0.3 is 0 Å². The SMILES string of the molecule is Cc1c(Cl)cccc1OCCCC(=O)N1CCCOc2c(-c3cnn(Cc4c(F)cc(C(N)=O)cc4F)c3)cccc21. The molecule has 1 aromatic heterocycles. The second kappa shape index (κ2) is 12.6. The first-order valence-corrected chi connectivity index (χ1v) is 13.9. The lowest BCUT2D eigenvalue weighted by atomic mass is 10.1. The Labute approximate surface area is 246 Å². The average molecular weight is 595 g/mol. The summed E-state index contributed by atoms with van der Waals surface area (Å²) in [7, 11) is 0. The minimum atomic E-state index is -0.918. The van der Waals surface area contributed by atoms with Gasteiger partial charge in [-0.2, -0.15) is 5.10 Å². The molecular weight excluding hydrogens is 566 g/mol. The third kappa shape index (κ3) is 6.23. The highest BCUT2D eigenvalue weighted by molar-refractivity contribution is 6.31. The maximum atomic E-state index is 14.5. The Bertz CT molecular complexity index is 1620. The monoisotopic (exact) mass is 594 g/mol. The summed E-state index contributed by atoms with van der Waals surface area (Å²) in [5, 5.41) is 4.90. The summed E-state index contributed by atoms with van der Waals surface area (Å²) in [6, 6.07) is 12.8. The van der Waals surface area contributed by atoms with Gasteiger partial charge in [-0.3, -0.25) is 14.3 Å². The van der Waals surface area contributed by atoms with E-state index in [1.165, 1.54) is 4.68 Å². The van der Waals surface area contributed by atoms with E-state index in [9.17, 15) is 18.4 Å². The molecule has 8 nitrogen and oxygen atoms in total. The van der Waals surface area contributed by atoms with Crippen LogP contribution in [0.1, 0.15) is 40.7 Å². The van der Waals surface area contributed by atoms with Crippen LogP contribution in [0.4, 0.5) is 14.5 Å². The number of halogens is 3. The number of carbonyl (C=O) groups is 2. The predicted molar refractivity (Wildman–Crippen MR) is 155 cm³/mol. The van der Waals surface area contributed by atoms with Gasteiger partial charge in [-0.15, -0.1) is 0 Å². The van der Waals surface area contributed by atoms with Gasteiger partial charge in [0.2, 0.25) is 11.8 Å². The van der Waals surface area contributed by atoms with E-state index in [-0.39, 0.29) is 30.0 Å². The molecule has 11 heteroatoms. The van der Waals surface area contributed by atoms with Crippen LogP contribution in [0.2, 0.25) is 5.02 Å². The minimum Gasteiger partial charge on any atom is -0.493 e. The number of anilines is 1. The highest BCUT2D eigenvalue weighted by Gasteiger charge is 2.25.